The van der Waals surface area contributed by atoms with Crippen LogP contribution in [0.1, 0.15) is 40.8 Å². The summed E-state index contributed by atoms with van der Waals surface area (Å²) in [6.45, 7) is 4.18. The highest BCUT2D eigenvalue weighted by atomic mass is 32.2. The Kier molecular flexibility index (Phi) is 4.77. The van der Waals surface area contributed by atoms with Gasteiger partial charge >= 0.3 is 5.97 Å². The van der Waals surface area contributed by atoms with E-state index in [0.717, 1.165) is 15.6 Å². The number of thiazole rings is 1. The van der Waals surface area contributed by atoms with Crippen molar-refractivity contribution in [3.05, 3.63) is 45.7 Å². The first-order chi connectivity index (χ1) is 9.47. The largest absolute Gasteiger partial charge is 0.478 e. The number of hydrogen-bond donors (Lipinski definition) is 1. The number of nitrogens with zero attached hydrogens (tertiary/aromatic N) is 1. The molecule has 0 aliphatic heterocycles. The normalized spacial score (nSPS) is 11.0. The second kappa shape index (κ2) is 6.37. The zero-order valence-corrected chi connectivity index (χ0v) is 12.7. The summed E-state index contributed by atoms with van der Waals surface area (Å²) in [5, 5.41) is 12.0. The monoisotopic (exact) mass is 311 g/mol. The highest BCUT2D eigenvalue weighted by Crippen LogP contribution is 2.27. The van der Waals surface area contributed by atoms with Crippen LogP contribution in [0.25, 0.3) is 0 Å². The molecule has 0 saturated heterocycles. The van der Waals surface area contributed by atoms with E-state index in [1.54, 1.807) is 17.4 Å². The third kappa shape index (κ3) is 3.58. The molecule has 0 atom stereocenters. The predicted molar refractivity (Wildman–Crippen MR) is 79.1 cm³/mol. The Balaban J connectivity index is 2.06. The van der Waals surface area contributed by atoms with Gasteiger partial charge in [-0.05, 0) is 18.2 Å². The van der Waals surface area contributed by atoms with Gasteiger partial charge in [0.1, 0.15) is 5.82 Å². The molecule has 20 heavy (non-hydrogen) atoms. The SMILES string of the molecule is CC(C)c1nc(CSc2ccc(F)c(C(=O)O)c2)cs1. The standard InChI is InChI=1S/C14H14FNO2S2/c1-8(2)13-16-9(7-20-13)6-19-10-3-4-12(15)11(5-10)14(17)18/h3-5,7-8H,6H2,1-2H3,(H,17,18). The van der Waals surface area contributed by atoms with E-state index in [-0.39, 0.29) is 5.56 Å². The lowest BCUT2D eigenvalue weighted by Crippen LogP contribution is -2.00. The van der Waals surface area contributed by atoms with Crippen LogP contribution in [0.2, 0.25) is 0 Å². The molecule has 0 radical (unpaired) electrons. The Labute approximate surface area is 124 Å². The Hall–Kier alpha value is -1.40. The highest BCUT2D eigenvalue weighted by molar-refractivity contribution is 7.98. The van der Waals surface area contributed by atoms with E-state index in [1.807, 2.05) is 5.38 Å². The Bertz CT molecular complexity index is 625. The smallest absolute Gasteiger partial charge is 0.338 e. The molecular weight excluding hydrogens is 297 g/mol. The molecular formula is C14H14FNO2S2. The molecule has 0 unspecified atom stereocenters. The molecule has 3 nitrogen and oxygen atoms in total. The molecule has 0 amide bonds. The number of hydrogen-bond acceptors (Lipinski definition) is 4. The van der Waals surface area contributed by atoms with Crippen LogP contribution in [0.4, 0.5) is 4.39 Å². The summed E-state index contributed by atoms with van der Waals surface area (Å²) in [6.07, 6.45) is 0. The van der Waals surface area contributed by atoms with Crippen LogP contribution in [0.5, 0.6) is 0 Å². The van der Waals surface area contributed by atoms with Gasteiger partial charge in [0.05, 0.1) is 16.3 Å². The molecule has 1 N–H and O–H groups in total. The van der Waals surface area contributed by atoms with E-state index in [2.05, 4.69) is 18.8 Å². The maximum atomic E-state index is 13.3. The van der Waals surface area contributed by atoms with Crippen molar-refractivity contribution in [1.29, 1.82) is 0 Å². The summed E-state index contributed by atoms with van der Waals surface area (Å²) < 4.78 is 13.3. The molecule has 6 heteroatoms. The van der Waals surface area contributed by atoms with Crippen LogP contribution >= 0.6 is 23.1 Å². The summed E-state index contributed by atoms with van der Waals surface area (Å²) in [5.74, 6) is -0.907. The first-order valence-corrected chi connectivity index (χ1v) is 7.94. The lowest BCUT2D eigenvalue weighted by atomic mass is 10.2. The van der Waals surface area contributed by atoms with Gasteiger partial charge in [0.15, 0.2) is 0 Å². The minimum absolute atomic E-state index is 0.295. The maximum Gasteiger partial charge on any atom is 0.338 e. The van der Waals surface area contributed by atoms with Gasteiger partial charge in [0.25, 0.3) is 0 Å². The molecule has 2 aromatic rings. The zero-order chi connectivity index (χ0) is 14.7. The number of halogens is 1. The number of aromatic carboxylic acids is 1. The molecule has 1 aromatic carbocycles. The van der Waals surface area contributed by atoms with Gasteiger partial charge in [0, 0.05) is 21.9 Å². The van der Waals surface area contributed by atoms with Gasteiger partial charge in [-0.25, -0.2) is 14.2 Å². The lowest BCUT2D eigenvalue weighted by Gasteiger charge is -2.03. The number of rotatable bonds is 5. The van der Waals surface area contributed by atoms with Crippen molar-refractivity contribution >= 4 is 29.1 Å². The third-order valence-corrected chi connectivity index (χ3v) is 4.84. The molecule has 0 aliphatic carbocycles. The predicted octanol–water partition coefficient (Wildman–Crippen LogP) is 4.40. The second-order valence-corrected chi connectivity index (χ2v) is 6.51. The molecule has 0 saturated carbocycles. The van der Waals surface area contributed by atoms with Crippen molar-refractivity contribution in [3.63, 3.8) is 0 Å². The van der Waals surface area contributed by atoms with Gasteiger partial charge in [0.2, 0.25) is 0 Å². The average molecular weight is 311 g/mol. The van der Waals surface area contributed by atoms with Crippen LogP contribution < -0.4 is 0 Å². The van der Waals surface area contributed by atoms with E-state index >= 15 is 0 Å². The van der Waals surface area contributed by atoms with Crippen molar-refractivity contribution in [3.8, 4) is 0 Å². The highest BCUT2D eigenvalue weighted by Gasteiger charge is 2.12. The molecule has 0 fully saturated rings. The fraction of sp³-hybridized carbons (Fsp3) is 0.286. The fourth-order valence-corrected chi connectivity index (χ4v) is 3.34. The number of carboxylic acid groups (broad SMARTS) is 1. The molecule has 1 heterocycles. The maximum absolute atomic E-state index is 13.3. The van der Waals surface area contributed by atoms with Crippen LogP contribution in [0.15, 0.2) is 28.5 Å². The Morgan fingerprint density at radius 1 is 1.50 bits per heavy atom. The van der Waals surface area contributed by atoms with Crippen LogP contribution in [-0.2, 0) is 5.75 Å². The summed E-state index contributed by atoms with van der Waals surface area (Å²) in [6, 6.07) is 4.13. The summed E-state index contributed by atoms with van der Waals surface area (Å²) >= 11 is 3.08. The first kappa shape index (κ1) is 15.0. The van der Waals surface area contributed by atoms with Gasteiger partial charge < -0.3 is 5.11 Å². The Morgan fingerprint density at radius 2 is 2.25 bits per heavy atom. The molecule has 1 aromatic heterocycles. The van der Waals surface area contributed by atoms with Crippen molar-refractivity contribution in [2.24, 2.45) is 0 Å². The van der Waals surface area contributed by atoms with E-state index < -0.39 is 11.8 Å². The van der Waals surface area contributed by atoms with E-state index in [0.29, 0.717) is 11.7 Å². The van der Waals surface area contributed by atoms with Crippen LogP contribution in [0.3, 0.4) is 0 Å². The first-order valence-electron chi connectivity index (χ1n) is 6.07. The molecule has 0 spiro atoms. The zero-order valence-electron chi connectivity index (χ0n) is 11.1. The molecule has 0 aliphatic rings. The quantitative estimate of drug-likeness (QED) is 0.832. The van der Waals surface area contributed by atoms with Gasteiger partial charge in [-0.15, -0.1) is 23.1 Å². The number of thioether (sulfide) groups is 1. The average Bonchev–Trinajstić information content (AvgIpc) is 2.86. The van der Waals surface area contributed by atoms with E-state index in [4.69, 9.17) is 5.11 Å². The molecule has 106 valence electrons. The van der Waals surface area contributed by atoms with Crippen LogP contribution in [-0.4, -0.2) is 16.1 Å². The minimum Gasteiger partial charge on any atom is -0.478 e. The molecule has 2 rings (SSSR count). The van der Waals surface area contributed by atoms with Gasteiger partial charge in [-0.2, -0.15) is 0 Å². The summed E-state index contributed by atoms with van der Waals surface area (Å²) in [4.78, 5) is 16.1. The lowest BCUT2D eigenvalue weighted by molar-refractivity contribution is 0.0691. The Morgan fingerprint density at radius 3 is 2.85 bits per heavy atom. The topological polar surface area (TPSA) is 50.2 Å². The van der Waals surface area contributed by atoms with Crippen molar-refractivity contribution in [1.82, 2.24) is 4.98 Å². The van der Waals surface area contributed by atoms with Crippen molar-refractivity contribution < 1.29 is 14.3 Å². The number of aromatic nitrogens is 1. The molecule has 0 bridgehead atoms. The third-order valence-electron chi connectivity index (χ3n) is 2.62. The summed E-state index contributed by atoms with van der Waals surface area (Å²) in [7, 11) is 0. The van der Waals surface area contributed by atoms with Crippen LogP contribution in [0, 0.1) is 5.82 Å². The second-order valence-electron chi connectivity index (χ2n) is 4.57. The van der Waals surface area contributed by atoms with Crippen molar-refractivity contribution in [2.75, 3.05) is 0 Å². The number of benzene rings is 1. The van der Waals surface area contributed by atoms with E-state index in [1.165, 1.54) is 23.9 Å². The van der Waals surface area contributed by atoms with Crippen molar-refractivity contribution in [2.45, 2.75) is 30.4 Å². The number of carboxylic acids is 1. The van der Waals surface area contributed by atoms with E-state index in [9.17, 15) is 9.18 Å². The minimum atomic E-state index is -1.25. The van der Waals surface area contributed by atoms with Gasteiger partial charge in [-0.1, -0.05) is 13.8 Å². The fourth-order valence-electron chi connectivity index (χ4n) is 1.57. The summed E-state index contributed by atoms with van der Waals surface area (Å²) in [5.41, 5.74) is 0.668. The van der Waals surface area contributed by atoms with Gasteiger partial charge in [-0.3, -0.25) is 0 Å². The number of carbonyl (C=O) groups is 1.